The average Bonchev–Trinajstić information content (AvgIpc) is 2.55. The quantitative estimate of drug-likeness (QED) is 0.659. The van der Waals surface area contributed by atoms with Crippen LogP contribution in [0.3, 0.4) is 0 Å². The number of rotatable bonds is 9. The van der Waals surface area contributed by atoms with Gasteiger partial charge in [0.25, 0.3) is 0 Å². The summed E-state index contributed by atoms with van der Waals surface area (Å²) in [4.78, 5) is 24.4. The van der Waals surface area contributed by atoms with Crippen molar-refractivity contribution in [3.05, 3.63) is 29.8 Å². The van der Waals surface area contributed by atoms with Crippen LogP contribution >= 0.6 is 0 Å². The van der Waals surface area contributed by atoms with Gasteiger partial charge in [0, 0.05) is 26.1 Å². The molecule has 140 valence electrons. The molecule has 0 radical (unpaired) electrons. The summed E-state index contributed by atoms with van der Waals surface area (Å²) in [6.07, 6.45) is -0.170. The number of carbonyl (C=O) groups excluding carboxylic acids is 2. The molecule has 10 heteroatoms. The van der Waals surface area contributed by atoms with Gasteiger partial charge in [-0.1, -0.05) is 0 Å². The molecule has 0 aromatic heterocycles. The van der Waals surface area contributed by atoms with Crippen molar-refractivity contribution >= 4 is 21.8 Å². The van der Waals surface area contributed by atoms with Crippen molar-refractivity contribution in [3.8, 4) is 0 Å². The fourth-order valence-electron chi connectivity index (χ4n) is 1.98. The molecule has 0 spiro atoms. The van der Waals surface area contributed by atoms with Gasteiger partial charge in [-0.3, -0.25) is 9.59 Å². The van der Waals surface area contributed by atoms with E-state index in [4.69, 9.17) is 0 Å². The smallest absolute Gasteiger partial charge is 0.240 e. The molecule has 0 saturated carbocycles. The molecule has 2 N–H and O–H groups in total. The van der Waals surface area contributed by atoms with Gasteiger partial charge in [0.05, 0.1) is 11.4 Å². The van der Waals surface area contributed by atoms with Gasteiger partial charge in [-0.15, -0.1) is 0 Å². The summed E-state index contributed by atoms with van der Waals surface area (Å²) in [5.41, 5.74) is 0. The van der Waals surface area contributed by atoms with Gasteiger partial charge in [0.2, 0.25) is 21.8 Å². The highest BCUT2D eigenvalue weighted by atomic mass is 32.2. The number of amides is 2. The first-order valence-electron chi connectivity index (χ1n) is 7.70. The van der Waals surface area contributed by atoms with Crippen molar-refractivity contribution < 1.29 is 26.8 Å². The lowest BCUT2D eigenvalue weighted by Gasteiger charge is -2.20. The Kier molecular flexibility index (Phi) is 7.91. The SMILES string of the molecule is CCNC(=O)CN(CC)C(=O)CCNS(=O)(=O)c1ccc(F)c(F)c1. The Balaban J connectivity index is 2.60. The third-order valence-electron chi connectivity index (χ3n) is 3.28. The van der Waals surface area contributed by atoms with E-state index in [0.717, 1.165) is 6.07 Å². The number of hydrogen-bond donors (Lipinski definition) is 2. The molecular weight excluding hydrogens is 356 g/mol. The monoisotopic (exact) mass is 377 g/mol. The second-order valence-corrected chi connectivity index (χ2v) is 6.85. The molecule has 0 aliphatic carbocycles. The molecular formula is C15H21F2N3O4S. The van der Waals surface area contributed by atoms with Crippen LogP contribution in [0.2, 0.25) is 0 Å². The zero-order chi connectivity index (χ0) is 19.0. The maximum absolute atomic E-state index is 13.1. The maximum atomic E-state index is 13.1. The van der Waals surface area contributed by atoms with E-state index in [1.807, 2.05) is 0 Å². The lowest BCUT2D eigenvalue weighted by Crippen LogP contribution is -2.41. The first-order valence-corrected chi connectivity index (χ1v) is 9.18. The van der Waals surface area contributed by atoms with Gasteiger partial charge < -0.3 is 10.2 Å². The highest BCUT2D eigenvalue weighted by Crippen LogP contribution is 2.13. The third-order valence-corrected chi connectivity index (χ3v) is 4.73. The van der Waals surface area contributed by atoms with E-state index in [1.54, 1.807) is 13.8 Å². The van der Waals surface area contributed by atoms with E-state index in [9.17, 15) is 26.8 Å². The van der Waals surface area contributed by atoms with E-state index in [2.05, 4.69) is 10.0 Å². The summed E-state index contributed by atoms with van der Waals surface area (Å²) in [6.45, 7) is 3.85. The lowest BCUT2D eigenvalue weighted by molar-refractivity contribution is -0.135. The van der Waals surface area contributed by atoms with Gasteiger partial charge in [0.1, 0.15) is 0 Å². The van der Waals surface area contributed by atoms with Crippen molar-refractivity contribution in [2.75, 3.05) is 26.2 Å². The zero-order valence-electron chi connectivity index (χ0n) is 14.0. The van der Waals surface area contributed by atoms with Crippen molar-refractivity contribution in [3.63, 3.8) is 0 Å². The van der Waals surface area contributed by atoms with Crippen molar-refractivity contribution in [2.45, 2.75) is 25.2 Å². The number of nitrogens with one attached hydrogen (secondary N) is 2. The number of hydrogen-bond acceptors (Lipinski definition) is 4. The molecule has 1 aromatic carbocycles. The summed E-state index contributed by atoms with van der Waals surface area (Å²) in [5.74, 6) is -3.14. The van der Waals surface area contributed by atoms with E-state index < -0.39 is 32.5 Å². The largest absolute Gasteiger partial charge is 0.355 e. The Bertz CT molecular complexity index is 725. The van der Waals surface area contributed by atoms with E-state index in [-0.39, 0.29) is 25.4 Å². The molecule has 25 heavy (non-hydrogen) atoms. The van der Waals surface area contributed by atoms with Crippen LogP contribution in [0.5, 0.6) is 0 Å². The van der Waals surface area contributed by atoms with E-state index in [1.165, 1.54) is 4.90 Å². The molecule has 0 unspecified atom stereocenters. The van der Waals surface area contributed by atoms with Gasteiger partial charge in [0.15, 0.2) is 11.6 Å². The Labute approximate surface area is 145 Å². The number of carbonyl (C=O) groups is 2. The highest BCUT2D eigenvalue weighted by molar-refractivity contribution is 7.89. The van der Waals surface area contributed by atoms with Crippen molar-refractivity contribution in [2.24, 2.45) is 0 Å². The van der Waals surface area contributed by atoms with Gasteiger partial charge in [-0.2, -0.15) is 0 Å². The predicted octanol–water partition coefficient (Wildman–Crippen LogP) is 0.618. The summed E-state index contributed by atoms with van der Waals surface area (Å²) in [5, 5.41) is 2.57. The van der Waals surface area contributed by atoms with Crippen molar-refractivity contribution in [1.82, 2.24) is 14.9 Å². The zero-order valence-corrected chi connectivity index (χ0v) is 14.8. The molecule has 0 saturated heterocycles. The van der Waals surface area contributed by atoms with Gasteiger partial charge in [-0.05, 0) is 32.0 Å². The van der Waals surface area contributed by atoms with Gasteiger partial charge >= 0.3 is 0 Å². The summed E-state index contributed by atoms with van der Waals surface area (Å²) >= 11 is 0. The molecule has 0 heterocycles. The molecule has 0 atom stereocenters. The van der Waals surface area contributed by atoms with Crippen LogP contribution in [-0.4, -0.2) is 51.3 Å². The molecule has 1 rings (SSSR count). The molecule has 0 aliphatic rings. The Morgan fingerprint density at radius 2 is 1.84 bits per heavy atom. The van der Waals surface area contributed by atoms with Crippen LogP contribution in [0.4, 0.5) is 8.78 Å². The van der Waals surface area contributed by atoms with Crippen LogP contribution < -0.4 is 10.0 Å². The first-order chi connectivity index (χ1) is 11.7. The number of halogens is 2. The minimum Gasteiger partial charge on any atom is -0.355 e. The fraction of sp³-hybridized carbons (Fsp3) is 0.467. The fourth-order valence-corrected chi connectivity index (χ4v) is 3.02. The van der Waals surface area contributed by atoms with Crippen molar-refractivity contribution in [1.29, 1.82) is 0 Å². The van der Waals surface area contributed by atoms with Gasteiger partial charge in [-0.25, -0.2) is 21.9 Å². The number of sulfonamides is 1. The van der Waals surface area contributed by atoms with E-state index in [0.29, 0.717) is 25.2 Å². The predicted molar refractivity (Wildman–Crippen MR) is 87.1 cm³/mol. The standard InChI is InChI=1S/C15H21F2N3O4S/c1-3-18-14(21)10-20(4-2)15(22)7-8-19-25(23,24)11-5-6-12(16)13(17)9-11/h5-6,9,19H,3-4,7-8,10H2,1-2H3,(H,18,21). The number of nitrogens with zero attached hydrogens (tertiary/aromatic N) is 1. The molecule has 0 bridgehead atoms. The molecule has 2 amide bonds. The number of likely N-dealkylation sites (N-methyl/N-ethyl adjacent to an activating group) is 2. The first kappa shape index (κ1) is 21.0. The summed E-state index contributed by atoms with van der Waals surface area (Å²) in [7, 11) is -4.07. The maximum Gasteiger partial charge on any atom is 0.240 e. The van der Waals surface area contributed by atoms with Crippen LogP contribution in [0.15, 0.2) is 23.1 Å². The topological polar surface area (TPSA) is 95.6 Å². The molecule has 7 nitrogen and oxygen atoms in total. The second-order valence-electron chi connectivity index (χ2n) is 5.09. The molecule has 1 aromatic rings. The Hall–Kier alpha value is -2.07. The van der Waals surface area contributed by atoms with Crippen LogP contribution in [0.1, 0.15) is 20.3 Å². The normalized spacial score (nSPS) is 11.2. The second kappa shape index (κ2) is 9.42. The number of benzene rings is 1. The average molecular weight is 377 g/mol. The minimum atomic E-state index is -4.07. The van der Waals surface area contributed by atoms with Crippen LogP contribution in [0, 0.1) is 11.6 Å². The molecule has 0 aliphatic heterocycles. The minimum absolute atomic E-state index is 0.112. The third kappa shape index (κ3) is 6.39. The van der Waals surface area contributed by atoms with Crippen LogP contribution in [-0.2, 0) is 19.6 Å². The summed E-state index contributed by atoms with van der Waals surface area (Å²) < 4.78 is 52.1. The summed E-state index contributed by atoms with van der Waals surface area (Å²) in [6, 6.07) is 2.20. The Morgan fingerprint density at radius 3 is 2.40 bits per heavy atom. The Morgan fingerprint density at radius 1 is 1.16 bits per heavy atom. The molecule has 0 fully saturated rings. The van der Waals surface area contributed by atoms with E-state index >= 15 is 0 Å². The highest BCUT2D eigenvalue weighted by Gasteiger charge is 2.19. The van der Waals surface area contributed by atoms with Crippen LogP contribution in [0.25, 0.3) is 0 Å². The lowest BCUT2D eigenvalue weighted by atomic mass is 10.3.